The molecule has 3 rings (SSSR count). The van der Waals surface area contributed by atoms with Gasteiger partial charge in [-0.3, -0.25) is 0 Å². The Morgan fingerprint density at radius 3 is 2.43 bits per heavy atom. The first-order valence-electron chi connectivity index (χ1n) is 6.84. The van der Waals surface area contributed by atoms with E-state index >= 15 is 0 Å². The van der Waals surface area contributed by atoms with Gasteiger partial charge < -0.3 is 11.6 Å². The van der Waals surface area contributed by atoms with Crippen LogP contribution in [0, 0.1) is 13.8 Å². The number of nitrogens with zero attached hydrogens (tertiary/aromatic N) is 2. The van der Waals surface area contributed by atoms with Gasteiger partial charge >= 0.3 is 0 Å². The summed E-state index contributed by atoms with van der Waals surface area (Å²) in [4.78, 5) is 4.66. The maximum atomic E-state index is 6.17. The first-order valence-corrected chi connectivity index (χ1v) is 6.84. The molecule has 0 saturated heterocycles. The molecule has 21 heavy (non-hydrogen) atoms. The number of rotatable bonds is 2. The molecule has 0 aliphatic carbocycles. The van der Waals surface area contributed by atoms with Gasteiger partial charge in [0.05, 0.1) is 0 Å². The van der Waals surface area contributed by atoms with Gasteiger partial charge in [0.15, 0.2) is 11.6 Å². The molecule has 0 atom stereocenters. The van der Waals surface area contributed by atoms with Gasteiger partial charge in [0, 0.05) is 11.1 Å². The van der Waals surface area contributed by atoms with Crippen molar-refractivity contribution >= 4 is 5.82 Å². The summed E-state index contributed by atoms with van der Waals surface area (Å²) in [6.45, 7) is 4.10. The highest BCUT2D eigenvalue weighted by Crippen LogP contribution is 2.31. The molecular formula is C17H18N4. The fourth-order valence-electron chi connectivity index (χ4n) is 2.43. The quantitative estimate of drug-likeness (QED) is 0.707. The molecule has 0 unspecified atom stereocenters. The average Bonchev–Trinajstić information content (AvgIpc) is 2.79. The van der Waals surface area contributed by atoms with Crippen LogP contribution < -0.4 is 11.6 Å². The number of hydrogen-bond acceptors (Lipinski definition) is 3. The van der Waals surface area contributed by atoms with Crippen LogP contribution >= 0.6 is 0 Å². The molecule has 4 heteroatoms. The highest BCUT2D eigenvalue weighted by molar-refractivity contribution is 5.77. The van der Waals surface area contributed by atoms with Crippen LogP contribution in [0.25, 0.3) is 22.6 Å². The van der Waals surface area contributed by atoms with E-state index in [9.17, 15) is 0 Å². The van der Waals surface area contributed by atoms with Crippen molar-refractivity contribution in [1.82, 2.24) is 9.66 Å². The minimum atomic E-state index is 0.475. The molecule has 0 aliphatic heterocycles. The van der Waals surface area contributed by atoms with Crippen LogP contribution in [0.3, 0.4) is 0 Å². The monoisotopic (exact) mass is 278 g/mol. The predicted octanol–water partition coefficient (Wildman–Crippen LogP) is 3.13. The van der Waals surface area contributed by atoms with Crippen LogP contribution in [0.5, 0.6) is 0 Å². The Morgan fingerprint density at radius 1 is 1.00 bits per heavy atom. The van der Waals surface area contributed by atoms with Gasteiger partial charge in [-0.25, -0.2) is 9.66 Å². The SMILES string of the molecule is Cc1ccc(C)c(-c2nc(-c3ccccc3)n(N)c2N)c1. The van der Waals surface area contributed by atoms with Crippen molar-refractivity contribution in [3.63, 3.8) is 0 Å². The van der Waals surface area contributed by atoms with E-state index in [1.807, 2.05) is 37.3 Å². The molecule has 0 bridgehead atoms. The normalized spacial score (nSPS) is 10.8. The van der Waals surface area contributed by atoms with Crippen LogP contribution in [0.4, 0.5) is 5.82 Å². The summed E-state index contributed by atoms with van der Waals surface area (Å²) < 4.78 is 1.45. The second-order valence-corrected chi connectivity index (χ2v) is 5.22. The number of imidazole rings is 1. The highest BCUT2D eigenvalue weighted by Gasteiger charge is 2.17. The average molecular weight is 278 g/mol. The molecule has 2 aromatic carbocycles. The van der Waals surface area contributed by atoms with E-state index in [1.165, 1.54) is 10.2 Å². The lowest BCUT2D eigenvalue weighted by Gasteiger charge is -2.05. The summed E-state index contributed by atoms with van der Waals surface area (Å²) in [5.74, 6) is 7.24. The summed E-state index contributed by atoms with van der Waals surface area (Å²) in [5, 5.41) is 0. The minimum absolute atomic E-state index is 0.475. The molecule has 1 aromatic heterocycles. The molecule has 0 saturated carbocycles. The van der Waals surface area contributed by atoms with E-state index in [0.717, 1.165) is 22.4 Å². The van der Waals surface area contributed by atoms with Crippen LogP contribution in [-0.2, 0) is 0 Å². The summed E-state index contributed by atoms with van der Waals surface area (Å²) >= 11 is 0. The third kappa shape index (κ3) is 2.25. The summed E-state index contributed by atoms with van der Waals surface area (Å²) in [5.41, 5.74) is 11.2. The Bertz CT molecular complexity index is 788. The number of anilines is 1. The van der Waals surface area contributed by atoms with E-state index in [-0.39, 0.29) is 0 Å². The molecule has 4 N–H and O–H groups in total. The van der Waals surface area contributed by atoms with Crippen molar-refractivity contribution in [3.8, 4) is 22.6 Å². The van der Waals surface area contributed by atoms with Gasteiger partial charge in [0.2, 0.25) is 0 Å². The molecule has 3 aromatic rings. The minimum Gasteiger partial charge on any atom is -0.382 e. The van der Waals surface area contributed by atoms with Crippen molar-refractivity contribution in [1.29, 1.82) is 0 Å². The Balaban J connectivity index is 2.20. The number of aromatic nitrogens is 2. The Hall–Kier alpha value is -2.75. The fraction of sp³-hybridized carbons (Fsp3) is 0.118. The zero-order chi connectivity index (χ0) is 15.0. The zero-order valence-corrected chi connectivity index (χ0v) is 12.2. The number of hydrogen-bond donors (Lipinski definition) is 2. The fourth-order valence-corrected chi connectivity index (χ4v) is 2.43. The van der Waals surface area contributed by atoms with E-state index in [0.29, 0.717) is 11.6 Å². The molecule has 0 fully saturated rings. The molecular weight excluding hydrogens is 260 g/mol. The van der Waals surface area contributed by atoms with Gasteiger partial charge in [0.25, 0.3) is 0 Å². The molecule has 106 valence electrons. The van der Waals surface area contributed by atoms with Crippen molar-refractivity contribution in [2.45, 2.75) is 13.8 Å². The van der Waals surface area contributed by atoms with E-state index < -0.39 is 0 Å². The molecule has 1 heterocycles. The number of benzene rings is 2. The number of nitrogen functional groups attached to an aromatic ring is 2. The number of nitrogens with two attached hydrogens (primary N) is 2. The molecule has 4 nitrogen and oxygen atoms in total. The van der Waals surface area contributed by atoms with Gasteiger partial charge in [-0.15, -0.1) is 0 Å². The third-order valence-corrected chi connectivity index (χ3v) is 3.63. The van der Waals surface area contributed by atoms with Gasteiger partial charge in [-0.1, -0.05) is 48.0 Å². The number of aryl methyl sites for hydroxylation is 2. The zero-order valence-electron chi connectivity index (χ0n) is 12.2. The predicted molar refractivity (Wildman–Crippen MR) is 87.1 cm³/mol. The standard InChI is InChI=1S/C17H18N4/c1-11-8-9-12(2)14(10-11)15-16(18)21(19)17(20-15)13-6-4-3-5-7-13/h3-10H,18-19H2,1-2H3. The van der Waals surface area contributed by atoms with Gasteiger partial charge in [-0.2, -0.15) is 0 Å². The smallest absolute Gasteiger partial charge is 0.160 e. The van der Waals surface area contributed by atoms with Crippen molar-refractivity contribution < 1.29 is 0 Å². The van der Waals surface area contributed by atoms with Crippen molar-refractivity contribution in [2.24, 2.45) is 0 Å². The van der Waals surface area contributed by atoms with Crippen LogP contribution in [-0.4, -0.2) is 9.66 Å². The molecule has 0 radical (unpaired) electrons. The van der Waals surface area contributed by atoms with E-state index in [4.69, 9.17) is 11.6 Å². The summed E-state index contributed by atoms with van der Waals surface area (Å²) in [6.07, 6.45) is 0. The topological polar surface area (TPSA) is 69.9 Å². The van der Waals surface area contributed by atoms with Gasteiger partial charge in [-0.05, 0) is 25.5 Å². The molecule has 0 aliphatic rings. The first kappa shape index (κ1) is 13.2. The third-order valence-electron chi connectivity index (χ3n) is 3.63. The first-order chi connectivity index (χ1) is 10.1. The van der Waals surface area contributed by atoms with Crippen LogP contribution in [0.15, 0.2) is 48.5 Å². The molecule has 0 amide bonds. The van der Waals surface area contributed by atoms with Crippen molar-refractivity contribution in [2.75, 3.05) is 11.6 Å². The Morgan fingerprint density at radius 2 is 1.71 bits per heavy atom. The summed E-state index contributed by atoms with van der Waals surface area (Å²) in [6, 6.07) is 16.0. The lowest BCUT2D eigenvalue weighted by Crippen LogP contribution is -2.13. The maximum Gasteiger partial charge on any atom is 0.160 e. The lowest BCUT2D eigenvalue weighted by atomic mass is 10.0. The van der Waals surface area contributed by atoms with Crippen LogP contribution in [0.1, 0.15) is 11.1 Å². The second-order valence-electron chi connectivity index (χ2n) is 5.22. The maximum absolute atomic E-state index is 6.17. The van der Waals surface area contributed by atoms with Crippen molar-refractivity contribution in [3.05, 3.63) is 59.7 Å². The highest BCUT2D eigenvalue weighted by atomic mass is 15.4. The Labute approximate surface area is 124 Å². The second kappa shape index (κ2) is 4.98. The van der Waals surface area contributed by atoms with E-state index in [2.05, 4.69) is 30.1 Å². The summed E-state index contributed by atoms with van der Waals surface area (Å²) in [7, 11) is 0. The van der Waals surface area contributed by atoms with E-state index in [1.54, 1.807) is 0 Å². The lowest BCUT2D eigenvalue weighted by molar-refractivity contribution is 1.02. The Kier molecular flexibility index (Phi) is 3.14. The van der Waals surface area contributed by atoms with Crippen LogP contribution in [0.2, 0.25) is 0 Å². The largest absolute Gasteiger partial charge is 0.382 e. The van der Waals surface area contributed by atoms with Gasteiger partial charge in [0.1, 0.15) is 5.69 Å². The molecule has 0 spiro atoms.